The molecular formula is C23H27N5O3. The summed E-state index contributed by atoms with van der Waals surface area (Å²) in [6.45, 7) is 4.29. The van der Waals surface area contributed by atoms with Crippen LogP contribution in [-0.2, 0) is 0 Å². The molecule has 3 aromatic rings. The lowest BCUT2D eigenvalue weighted by molar-refractivity contribution is 0.324. The van der Waals surface area contributed by atoms with E-state index in [2.05, 4.69) is 29.9 Å². The average molecular weight is 422 g/mol. The number of rotatable bonds is 6. The van der Waals surface area contributed by atoms with Crippen LogP contribution < -0.4 is 35.4 Å². The minimum absolute atomic E-state index is 0.231. The lowest BCUT2D eigenvalue weighted by Gasteiger charge is -2.33. The van der Waals surface area contributed by atoms with Crippen molar-refractivity contribution in [3.63, 3.8) is 0 Å². The molecule has 0 spiro atoms. The van der Waals surface area contributed by atoms with Gasteiger partial charge in [-0.1, -0.05) is 32.0 Å². The molecule has 1 aliphatic heterocycles. The van der Waals surface area contributed by atoms with Gasteiger partial charge in [0.1, 0.15) is 6.33 Å². The molecule has 0 radical (unpaired) electrons. The summed E-state index contributed by atoms with van der Waals surface area (Å²) in [6.07, 6.45) is 3.10. The van der Waals surface area contributed by atoms with Crippen molar-refractivity contribution < 1.29 is 14.2 Å². The molecule has 8 nitrogen and oxygen atoms in total. The molecule has 8 heteroatoms. The fraction of sp³-hybridized carbons (Fsp3) is 0.304. The van der Waals surface area contributed by atoms with Gasteiger partial charge in [-0.3, -0.25) is 10.6 Å². The molecule has 2 N–H and O–H groups in total. The SMILES string of the molecule is COc1cc(-n2cnc(N3C(C(C)C)=c4ccccc4=NC3N)c2)cc(OC)c1OC. The Morgan fingerprint density at radius 2 is 1.68 bits per heavy atom. The first kappa shape index (κ1) is 20.7. The number of hydrogen-bond donors (Lipinski definition) is 1. The average Bonchev–Trinajstić information content (AvgIpc) is 3.26. The van der Waals surface area contributed by atoms with Crippen molar-refractivity contribution in [2.24, 2.45) is 16.6 Å². The zero-order valence-electron chi connectivity index (χ0n) is 18.4. The van der Waals surface area contributed by atoms with Crippen LogP contribution in [0.3, 0.4) is 0 Å². The van der Waals surface area contributed by atoms with Crippen LogP contribution in [0.2, 0.25) is 0 Å². The Bertz CT molecular complexity index is 1190. The van der Waals surface area contributed by atoms with Gasteiger partial charge in [0.05, 0.1) is 38.6 Å². The van der Waals surface area contributed by atoms with Crippen LogP contribution in [0.15, 0.2) is 53.9 Å². The molecule has 0 saturated heterocycles. The minimum atomic E-state index is -0.560. The summed E-state index contributed by atoms with van der Waals surface area (Å²) in [5.74, 6) is 2.62. The number of hydrogen-bond acceptors (Lipinski definition) is 7. The summed E-state index contributed by atoms with van der Waals surface area (Å²) < 4.78 is 18.3. The van der Waals surface area contributed by atoms with Gasteiger partial charge in [0.15, 0.2) is 23.6 Å². The van der Waals surface area contributed by atoms with Gasteiger partial charge in [-0.25, -0.2) is 9.98 Å². The van der Waals surface area contributed by atoms with Crippen LogP contribution in [0.4, 0.5) is 5.82 Å². The van der Waals surface area contributed by atoms with E-state index in [1.54, 1.807) is 27.7 Å². The topological polar surface area (TPSA) is 87.1 Å². The molecule has 1 aromatic heterocycles. The molecular weight excluding hydrogens is 394 g/mol. The standard InChI is InChI=1S/C23H27N5O3/c1-14(2)21-16-8-6-7-9-17(16)26-23(24)28(21)20-12-27(13-25-20)15-10-18(29-3)22(31-5)19(11-15)30-4/h6-14,23H,24H2,1-5H3. The lowest BCUT2D eigenvalue weighted by Crippen LogP contribution is -2.51. The van der Waals surface area contributed by atoms with Crippen molar-refractivity contribution in [3.05, 3.63) is 59.5 Å². The third kappa shape index (κ3) is 3.59. The first-order valence-electron chi connectivity index (χ1n) is 10.0. The zero-order valence-corrected chi connectivity index (χ0v) is 18.4. The maximum atomic E-state index is 6.46. The van der Waals surface area contributed by atoms with Crippen LogP contribution in [-0.4, -0.2) is 37.2 Å². The Hall–Kier alpha value is -3.52. The highest BCUT2D eigenvalue weighted by Gasteiger charge is 2.27. The van der Waals surface area contributed by atoms with Gasteiger partial charge in [0, 0.05) is 23.0 Å². The maximum absolute atomic E-state index is 6.46. The quantitative estimate of drug-likeness (QED) is 0.656. The van der Waals surface area contributed by atoms with Crippen molar-refractivity contribution in [2.45, 2.75) is 20.1 Å². The number of methoxy groups -OCH3 is 3. The van der Waals surface area contributed by atoms with E-state index >= 15 is 0 Å². The van der Waals surface area contributed by atoms with Gasteiger partial charge >= 0.3 is 0 Å². The summed E-state index contributed by atoms with van der Waals surface area (Å²) in [5, 5.41) is 1.97. The Morgan fingerprint density at radius 3 is 2.29 bits per heavy atom. The van der Waals surface area contributed by atoms with Gasteiger partial charge in [-0.2, -0.15) is 0 Å². The Morgan fingerprint density at radius 1 is 1.00 bits per heavy atom. The lowest BCUT2D eigenvalue weighted by atomic mass is 10.0. The normalized spacial score (nSPS) is 15.5. The minimum Gasteiger partial charge on any atom is -0.493 e. The molecule has 0 amide bonds. The number of imidazole rings is 1. The number of ether oxygens (including phenoxy) is 3. The number of benzene rings is 2. The second-order valence-electron chi connectivity index (χ2n) is 7.49. The highest BCUT2D eigenvalue weighted by Crippen LogP contribution is 2.39. The van der Waals surface area contributed by atoms with Crippen molar-refractivity contribution in [1.82, 2.24) is 9.55 Å². The van der Waals surface area contributed by atoms with Gasteiger partial charge < -0.3 is 18.8 Å². The van der Waals surface area contributed by atoms with E-state index in [1.807, 2.05) is 46.0 Å². The first-order valence-corrected chi connectivity index (χ1v) is 10.0. The summed E-state index contributed by atoms with van der Waals surface area (Å²) in [4.78, 5) is 11.3. The van der Waals surface area contributed by atoms with E-state index in [-0.39, 0.29) is 5.92 Å². The zero-order chi connectivity index (χ0) is 22.1. The molecule has 4 rings (SSSR count). The fourth-order valence-corrected chi connectivity index (χ4v) is 3.92. The van der Waals surface area contributed by atoms with E-state index in [0.717, 1.165) is 22.0 Å². The van der Waals surface area contributed by atoms with Crippen LogP contribution in [0.1, 0.15) is 13.8 Å². The number of anilines is 1. The molecule has 31 heavy (non-hydrogen) atoms. The number of fused-ring (bicyclic) bond motifs is 1. The van der Waals surface area contributed by atoms with E-state index in [0.29, 0.717) is 23.1 Å². The molecule has 0 bridgehead atoms. The summed E-state index contributed by atoms with van der Waals surface area (Å²) >= 11 is 0. The van der Waals surface area contributed by atoms with Gasteiger partial charge in [0.2, 0.25) is 5.75 Å². The molecule has 1 unspecified atom stereocenters. The van der Waals surface area contributed by atoms with E-state index in [1.165, 1.54) is 0 Å². The molecule has 1 aliphatic rings. The molecule has 0 fully saturated rings. The maximum Gasteiger partial charge on any atom is 0.203 e. The van der Waals surface area contributed by atoms with E-state index in [4.69, 9.17) is 19.9 Å². The van der Waals surface area contributed by atoms with Crippen molar-refractivity contribution in [1.29, 1.82) is 0 Å². The van der Waals surface area contributed by atoms with Crippen LogP contribution in [0, 0.1) is 5.92 Å². The highest BCUT2D eigenvalue weighted by atomic mass is 16.5. The largest absolute Gasteiger partial charge is 0.493 e. The van der Waals surface area contributed by atoms with Crippen molar-refractivity contribution in [2.75, 3.05) is 26.2 Å². The second kappa shape index (κ2) is 8.31. The highest BCUT2D eigenvalue weighted by molar-refractivity contribution is 5.68. The van der Waals surface area contributed by atoms with Gasteiger partial charge in [-0.15, -0.1) is 0 Å². The number of para-hydroxylation sites is 1. The fourth-order valence-electron chi connectivity index (χ4n) is 3.92. The van der Waals surface area contributed by atoms with E-state index < -0.39 is 6.29 Å². The first-order chi connectivity index (χ1) is 15.0. The molecule has 0 saturated carbocycles. The number of nitrogens with zero attached hydrogens (tertiary/aromatic N) is 4. The monoisotopic (exact) mass is 421 g/mol. The predicted octanol–water partition coefficient (Wildman–Crippen LogP) is 2.04. The smallest absolute Gasteiger partial charge is 0.203 e. The molecule has 2 heterocycles. The Balaban J connectivity index is 1.82. The van der Waals surface area contributed by atoms with Crippen molar-refractivity contribution >= 4 is 11.5 Å². The molecule has 2 aromatic carbocycles. The van der Waals surface area contributed by atoms with Crippen LogP contribution in [0.25, 0.3) is 11.4 Å². The summed E-state index contributed by atoms with van der Waals surface area (Å²) in [6, 6.07) is 11.8. The van der Waals surface area contributed by atoms with Crippen LogP contribution in [0.5, 0.6) is 17.2 Å². The van der Waals surface area contributed by atoms with E-state index in [9.17, 15) is 0 Å². The third-order valence-electron chi connectivity index (χ3n) is 5.29. The Labute approximate surface area is 181 Å². The van der Waals surface area contributed by atoms with Gasteiger partial charge in [0.25, 0.3) is 0 Å². The van der Waals surface area contributed by atoms with Gasteiger partial charge in [-0.05, 0) is 12.0 Å². The molecule has 0 aliphatic carbocycles. The molecule has 162 valence electrons. The Kier molecular flexibility index (Phi) is 5.56. The second-order valence-corrected chi connectivity index (χ2v) is 7.49. The van der Waals surface area contributed by atoms with Crippen LogP contribution >= 0.6 is 0 Å². The van der Waals surface area contributed by atoms with Crippen molar-refractivity contribution in [3.8, 4) is 22.9 Å². The number of aromatic nitrogens is 2. The molecule has 1 atom stereocenters. The number of nitrogens with two attached hydrogens (primary N) is 1. The third-order valence-corrected chi connectivity index (χ3v) is 5.29. The predicted molar refractivity (Wildman–Crippen MR) is 119 cm³/mol. The summed E-state index contributed by atoms with van der Waals surface area (Å²) in [5.41, 5.74) is 8.38. The summed E-state index contributed by atoms with van der Waals surface area (Å²) in [7, 11) is 4.77.